The number of rotatable bonds is 0. The second kappa shape index (κ2) is 4.85. The third-order valence-electron chi connectivity index (χ3n) is 8.05. The third kappa shape index (κ3) is 1.87. The minimum atomic E-state index is -1.15. The van der Waals surface area contributed by atoms with Crippen LogP contribution in [0.15, 0.2) is 23.3 Å². The molecule has 1 heterocycles. The standard InChI is InChI=1S/C21H28O4/c1-11-6-7-12-20(4)9-8-14(22)19(2,3)13(20)10-15-21(12,5)16(11)17(23)18(24)25-15/h8-9,12-13,15,17,23H,6-7,10H2,1-5H3/t12-,13-,15+,17+,20+,21-/m0/s1. The zero-order chi connectivity index (χ0) is 18.4. The van der Waals surface area contributed by atoms with Gasteiger partial charge in [-0.25, -0.2) is 4.79 Å². The van der Waals surface area contributed by atoms with Crippen molar-refractivity contribution in [2.24, 2.45) is 28.1 Å². The van der Waals surface area contributed by atoms with Crippen molar-refractivity contribution in [3.05, 3.63) is 23.3 Å². The minimum absolute atomic E-state index is 0.128. The van der Waals surface area contributed by atoms with Gasteiger partial charge in [-0.05, 0) is 55.1 Å². The van der Waals surface area contributed by atoms with Gasteiger partial charge >= 0.3 is 5.97 Å². The van der Waals surface area contributed by atoms with Crippen LogP contribution in [0, 0.1) is 28.1 Å². The fraction of sp³-hybridized carbons (Fsp3) is 0.714. The molecule has 0 aromatic carbocycles. The van der Waals surface area contributed by atoms with Crippen molar-refractivity contribution in [3.63, 3.8) is 0 Å². The van der Waals surface area contributed by atoms with Crippen LogP contribution < -0.4 is 0 Å². The van der Waals surface area contributed by atoms with E-state index in [2.05, 4.69) is 19.9 Å². The molecule has 0 aromatic heterocycles. The van der Waals surface area contributed by atoms with Gasteiger partial charge in [-0.15, -0.1) is 0 Å². The highest BCUT2D eigenvalue weighted by Gasteiger charge is 2.67. The molecule has 6 atom stereocenters. The molecule has 3 aliphatic carbocycles. The summed E-state index contributed by atoms with van der Waals surface area (Å²) >= 11 is 0. The monoisotopic (exact) mass is 344 g/mol. The van der Waals surface area contributed by atoms with Crippen molar-refractivity contribution in [2.45, 2.75) is 66.1 Å². The van der Waals surface area contributed by atoms with Crippen molar-refractivity contribution in [3.8, 4) is 0 Å². The van der Waals surface area contributed by atoms with E-state index in [-0.39, 0.29) is 34.6 Å². The van der Waals surface area contributed by atoms with Crippen molar-refractivity contribution >= 4 is 11.8 Å². The lowest BCUT2D eigenvalue weighted by atomic mass is 9.40. The summed E-state index contributed by atoms with van der Waals surface area (Å²) in [6.07, 6.45) is 5.00. The predicted octanol–water partition coefficient (Wildman–Crippen LogP) is 3.20. The summed E-state index contributed by atoms with van der Waals surface area (Å²) in [5.74, 6) is -0.00262. The third-order valence-corrected chi connectivity index (χ3v) is 8.05. The highest BCUT2D eigenvalue weighted by atomic mass is 16.6. The van der Waals surface area contributed by atoms with Crippen LogP contribution in [0.5, 0.6) is 0 Å². The zero-order valence-corrected chi connectivity index (χ0v) is 15.8. The van der Waals surface area contributed by atoms with E-state index in [9.17, 15) is 14.7 Å². The van der Waals surface area contributed by atoms with Crippen LogP contribution in [0.1, 0.15) is 53.9 Å². The SMILES string of the molecule is CC1=C2[C@@H](O)C(=O)O[C@@H]3C[C@H]4C(C)(C)C(=O)C=C[C@]4(C)[C@H](CC1)[C@]23C. The summed E-state index contributed by atoms with van der Waals surface area (Å²) in [4.78, 5) is 24.9. The quantitative estimate of drug-likeness (QED) is 0.541. The fourth-order valence-electron chi connectivity index (χ4n) is 6.72. The maximum atomic E-state index is 12.6. The smallest absolute Gasteiger partial charge is 0.339 e. The molecule has 1 saturated heterocycles. The Labute approximate surface area is 149 Å². The molecule has 136 valence electrons. The minimum Gasteiger partial charge on any atom is -0.459 e. The molecule has 0 aromatic rings. The van der Waals surface area contributed by atoms with E-state index in [1.165, 1.54) is 0 Å². The summed E-state index contributed by atoms with van der Waals surface area (Å²) < 4.78 is 5.75. The van der Waals surface area contributed by atoms with Gasteiger partial charge in [0.25, 0.3) is 0 Å². The molecule has 4 aliphatic rings. The average molecular weight is 344 g/mol. The van der Waals surface area contributed by atoms with Crippen molar-refractivity contribution in [2.75, 3.05) is 0 Å². The van der Waals surface area contributed by atoms with Gasteiger partial charge in [0.2, 0.25) is 0 Å². The molecular formula is C21H28O4. The number of aliphatic hydroxyl groups is 1. The summed E-state index contributed by atoms with van der Waals surface area (Å²) in [7, 11) is 0. The van der Waals surface area contributed by atoms with Gasteiger partial charge < -0.3 is 9.84 Å². The van der Waals surface area contributed by atoms with E-state index in [0.717, 1.165) is 24.0 Å². The Bertz CT molecular complexity index is 730. The number of allylic oxidation sites excluding steroid dienone is 3. The van der Waals surface area contributed by atoms with Crippen LogP contribution in [0.3, 0.4) is 0 Å². The highest BCUT2D eigenvalue weighted by Crippen LogP contribution is 2.68. The Hall–Kier alpha value is -1.42. The lowest BCUT2D eigenvalue weighted by molar-refractivity contribution is -0.204. The Morgan fingerprint density at radius 3 is 2.52 bits per heavy atom. The molecule has 0 unspecified atom stereocenters. The van der Waals surface area contributed by atoms with E-state index >= 15 is 0 Å². The van der Waals surface area contributed by atoms with E-state index in [1.807, 2.05) is 20.8 Å². The second-order valence-corrected chi connectivity index (χ2v) is 9.47. The molecule has 25 heavy (non-hydrogen) atoms. The molecule has 0 spiro atoms. The molecule has 1 saturated carbocycles. The number of carbonyl (C=O) groups is 2. The van der Waals surface area contributed by atoms with Gasteiger partial charge in [0, 0.05) is 10.8 Å². The van der Waals surface area contributed by atoms with Crippen LogP contribution in [0.2, 0.25) is 0 Å². The Kier molecular flexibility index (Phi) is 3.30. The number of fused-ring (bicyclic) bond motifs is 2. The van der Waals surface area contributed by atoms with Crippen LogP contribution in [-0.2, 0) is 14.3 Å². The first-order chi connectivity index (χ1) is 11.5. The highest BCUT2D eigenvalue weighted by molar-refractivity contribution is 5.96. The first-order valence-electron chi connectivity index (χ1n) is 9.37. The summed E-state index contributed by atoms with van der Waals surface area (Å²) in [5, 5.41) is 10.6. The van der Waals surface area contributed by atoms with Gasteiger partial charge in [0.1, 0.15) is 6.10 Å². The van der Waals surface area contributed by atoms with Gasteiger partial charge in [-0.3, -0.25) is 4.79 Å². The van der Waals surface area contributed by atoms with Gasteiger partial charge in [0.15, 0.2) is 11.9 Å². The molecule has 0 amide bonds. The van der Waals surface area contributed by atoms with E-state index < -0.39 is 17.5 Å². The maximum absolute atomic E-state index is 12.6. The van der Waals surface area contributed by atoms with Gasteiger partial charge in [-0.1, -0.05) is 39.3 Å². The zero-order valence-electron chi connectivity index (χ0n) is 15.8. The number of ketones is 1. The molecule has 0 radical (unpaired) electrons. The molecule has 0 bridgehead atoms. The number of carbonyl (C=O) groups excluding carboxylic acids is 2. The normalized spacial score (nSPS) is 47.9. The Morgan fingerprint density at radius 1 is 1.16 bits per heavy atom. The van der Waals surface area contributed by atoms with Crippen LogP contribution in [0.4, 0.5) is 0 Å². The fourth-order valence-corrected chi connectivity index (χ4v) is 6.72. The molecule has 1 aliphatic heterocycles. The van der Waals surface area contributed by atoms with Crippen LogP contribution in [-0.4, -0.2) is 29.1 Å². The summed E-state index contributed by atoms with van der Waals surface area (Å²) in [5.41, 5.74) is 1.04. The average Bonchev–Trinajstić information content (AvgIpc) is 2.52. The largest absolute Gasteiger partial charge is 0.459 e. The predicted molar refractivity (Wildman–Crippen MR) is 93.6 cm³/mol. The van der Waals surface area contributed by atoms with Crippen LogP contribution in [0.25, 0.3) is 0 Å². The number of aliphatic hydroxyl groups excluding tert-OH is 1. The van der Waals surface area contributed by atoms with Gasteiger partial charge in [-0.2, -0.15) is 0 Å². The molecule has 4 heteroatoms. The van der Waals surface area contributed by atoms with Crippen molar-refractivity contribution < 1.29 is 19.4 Å². The second-order valence-electron chi connectivity index (χ2n) is 9.47. The molecule has 1 N–H and O–H groups in total. The number of hydrogen-bond donors (Lipinski definition) is 1. The number of hydrogen-bond acceptors (Lipinski definition) is 4. The lowest BCUT2D eigenvalue weighted by Crippen LogP contribution is -2.66. The molecule has 2 fully saturated rings. The molecule has 4 nitrogen and oxygen atoms in total. The maximum Gasteiger partial charge on any atom is 0.339 e. The van der Waals surface area contributed by atoms with Crippen molar-refractivity contribution in [1.82, 2.24) is 0 Å². The first kappa shape index (κ1) is 17.0. The van der Waals surface area contributed by atoms with Crippen molar-refractivity contribution in [1.29, 1.82) is 0 Å². The van der Waals surface area contributed by atoms with Gasteiger partial charge in [0.05, 0.1) is 0 Å². The lowest BCUT2D eigenvalue weighted by Gasteiger charge is -2.65. The summed E-state index contributed by atoms with van der Waals surface area (Å²) in [6.45, 7) is 10.5. The summed E-state index contributed by atoms with van der Waals surface area (Å²) in [6, 6.07) is 0. The Morgan fingerprint density at radius 2 is 1.84 bits per heavy atom. The number of esters is 1. The van der Waals surface area contributed by atoms with Crippen LogP contribution >= 0.6 is 0 Å². The van der Waals surface area contributed by atoms with E-state index in [1.54, 1.807) is 6.08 Å². The van der Waals surface area contributed by atoms with E-state index in [0.29, 0.717) is 6.42 Å². The topological polar surface area (TPSA) is 63.6 Å². The number of ether oxygens (including phenoxy) is 1. The first-order valence-corrected chi connectivity index (χ1v) is 9.37. The molecular weight excluding hydrogens is 316 g/mol. The van der Waals surface area contributed by atoms with E-state index in [4.69, 9.17) is 4.74 Å². The molecule has 4 rings (SSSR count). The Balaban J connectivity index is 1.93.